The van der Waals surface area contributed by atoms with Gasteiger partial charge in [0.05, 0.1) is 17.1 Å². The van der Waals surface area contributed by atoms with E-state index in [2.05, 4.69) is 198 Å². The lowest BCUT2D eigenvalue weighted by Crippen LogP contribution is -2.54. The molecule has 0 saturated heterocycles. The van der Waals surface area contributed by atoms with E-state index < -0.39 is 0 Å². The van der Waals surface area contributed by atoms with Gasteiger partial charge in [-0.25, -0.2) is 0 Å². The Bertz CT molecular complexity index is 3710. The van der Waals surface area contributed by atoms with Gasteiger partial charge in [-0.05, 0) is 95.4 Å². The Morgan fingerprint density at radius 1 is 0.367 bits per heavy atom. The number of benzene rings is 9. The fourth-order valence-corrected chi connectivity index (χ4v) is 13.9. The first-order valence-electron chi connectivity index (χ1n) is 20.5. The first-order chi connectivity index (χ1) is 29.8. The highest BCUT2D eigenvalue weighted by Gasteiger charge is 2.46. The first kappa shape index (κ1) is 33.2. The van der Waals surface area contributed by atoms with Gasteiger partial charge in [0.25, 0.3) is 0 Å². The van der Waals surface area contributed by atoms with Crippen LogP contribution in [0.4, 0.5) is 34.1 Å². The predicted molar refractivity (Wildman–Crippen MR) is 265 cm³/mol. The molecule has 14 rings (SSSR count). The number of hydrogen-bond acceptors (Lipinski definition) is 5. The molecule has 60 heavy (non-hydrogen) atoms. The zero-order valence-corrected chi connectivity index (χ0v) is 34.5. The molecule has 12 aromatic rings. The molecule has 0 aliphatic carbocycles. The lowest BCUT2D eigenvalue weighted by molar-refractivity contribution is 1.28. The minimum absolute atomic E-state index is 0.0362. The first-order valence-corrected chi connectivity index (χ1v) is 22.9. The lowest BCUT2D eigenvalue weighted by Gasteiger charge is -2.38. The summed E-state index contributed by atoms with van der Waals surface area (Å²) in [6.07, 6.45) is 0. The van der Waals surface area contributed by atoms with Crippen LogP contribution in [0.5, 0.6) is 0 Å². The molecule has 0 atom stereocenters. The zero-order valence-electron chi connectivity index (χ0n) is 32.1. The van der Waals surface area contributed by atoms with Crippen molar-refractivity contribution in [2.45, 2.75) is 0 Å². The van der Waals surface area contributed by atoms with E-state index in [0.29, 0.717) is 0 Å². The fourth-order valence-electron chi connectivity index (χ4n) is 10.5. The second-order valence-corrected chi connectivity index (χ2v) is 19.1. The molecule has 9 aromatic carbocycles. The van der Waals surface area contributed by atoms with Crippen molar-refractivity contribution in [2.75, 3.05) is 9.80 Å². The maximum absolute atomic E-state index is 2.67. The van der Waals surface area contributed by atoms with Gasteiger partial charge in [0.1, 0.15) is 0 Å². The van der Waals surface area contributed by atoms with E-state index in [1.54, 1.807) is 0 Å². The molecule has 5 heterocycles. The minimum Gasteiger partial charge on any atom is -0.310 e. The van der Waals surface area contributed by atoms with Gasteiger partial charge in [-0.2, -0.15) is 0 Å². The van der Waals surface area contributed by atoms with E-state index >= 15 is 0 Å². The van der Waals surface area contributed by atoms with Crippen LogP contribution >= 0.6 is 34.0 Å². The molecule has 0 saturated carbocycles. The second kappa shape index (κ2) is 12.4. The monoisotopic (exact) mass is 814 g/mol. The zero-order chi connectivity index (χ0) is 39.1. The van der Waals surface area contributed by atoms with Gasteiger partial charge in [0.15, 0.2) is 0 Å². The summed E-state index contributed by atoms with van der Waals surface area (Å²) >= 11 is 5.70. The highest BCUT2D eigenvalue weighted by Crippen LogP contribution is 2.54. The molecule has 2 aliphatic rings. The third-order valence-corrected chi connectivity index (χ3v) is 16.2. The van der Waals surface area contributed by atoms with Crippen LogP contribution in [0, 0.1) is 0 Å². The quantitative estimate of drug-likeness (QED) is 0.163. The van der Waals surface area contributed by atoms with E-state index in [1.807, 2.05) is 34.0 Å². The van der Waals surface area contributed by atoms with Crippen LogP contribution in [-0.4, -0.2) is 6.71 Å². The van der Waals surface area contributed by atoms with Crippen molar-refractivity contribution in [2.24, 2.45) is 0 Å². The van der Waals surface area contributed by atoms with Crippen molar-refractivity contribution < 1.29 is 0 Å². The van der Waals surface area contributed by atoms with Crippen LogP contribution in [0.2, 0.25) is 0 Å². The van der Waals surface area contributed by atoms with Crippen LogP contribution in [0.25, 0.3) is 71.6 Å². The maximum atomic E-state index is 2.67. The van der Waals surface area contributed by atoms with Crippen LogP contribution in [0.15, 0.2) is 188 Å². The second-order valence-electron chi connectivity index (χ2n) is 15.9. The number of para-hydroxylation sites is 2. The summed E-state index contributed by atoms with van der Waals surface area (Å²) in [5, 5.41) is 7.97. The Labute approximate surface area is 358 Å². The topological polar surface area (TPSA) is 6.48 Å². The largest absolute Gasteiger partial charge is 0.310 e. The van der Waals surface area contributed by atoms with Crippen molar-refractivity contribution in [1.29, 1.82) is 0 Å². The Hall–Kier alpha value is -6.70. The Balaban J connectivity index is 1.19. The van der Waals surface area contributed by atoms with E-state index in [-0.39, 0.29) is 6.71 Å². The third kappa shape index (κ3) is 4.42. The standard InChI is InChI=1S/C54H31BN2S3/c1-3-14-32(15-4-1)56(33-16-5-2-6-17-33)40-28-29-41-53-52(40)51-37(26-30-46-49(51)35-19-8-11-23-43(35)59-46)55(53)38-27-31-47-50(36-20-9-12-24-44(36)60-47)54(38)57(41)39-21-13-25-45-48(39)34-18-7-10-22-42(34)58-45/h1-31H. The predicted octanol–water partition coefficient (Wildman–Crippen LogP) is 14.5. The van der Waals surface area contributed by atoms with Gasteiger partial charge < -0.3 is 9.80 Å². The fraction of sp³-hybridized carbons (Fsp3) is 0. The summed E-state index contributed by atoms with van der Waals surface area (Å²) in [6.45, 7) is 0.0362. The molecule has 0 amide bonds. The minimum atomic E-state index is 0.0362. The number of hydrogen-bond donors (Lipinski definition) is 0. The summed E-state index contributed by atoms with van der Waals surface area (Å²) in [4.78, 5) is 5.15. The summed E-state index contributed by atoms with van der Waals surface area (Å²) in [5.74, 6) is 0. The molecule has 2 aliphatic heterocycles. The molecule has 6 heteroatoms. The van der Waals surface area contributed by atoms with Gasteiger partial charge in [-0.3, -0.25) is 0 Å². The lowest BCUT2D eigenvalue weighted by atomic mass is 9.37. The highest BCUT2D eigenvalue weighted by atomic mass is 32.1. The number of nitrogens with zero attached hydrogens (tertiary/aromatic N) is 2. The molecule has 0 fully saturated rings. The number of fused-ring (bicyclic) bond motifs is 16. The molecule has 0 spiro atoms. The molecule has 278 valence electrons. The average Bonchev–Trinajstić information content (AvgIpc) is 4.07. The molecule has 0 bridgehead atoms. The van der Waals surface area contributed by atoms with Gasteiger partial charge >= 0.3 is 0 Å². The number of rotatable bonds is 4. The van der Waals surface area contributed by atoms with Crippen LogP contribution in [-0.2, 0) is 0 Å². The summed E-state index contributed by atoms with van der Waals surface area (Å²) in [6, 6.07) is 70.3. The molecule has 0 N–H and O–H groups in total. The van der Waals surface area contributed by atoms with Gasteiger partial charge in [-0.15, -0.1) is 34.0 Å². The van der Waals surface area contributed by atoms with Gasteiger partial charge in [0, 0.05) is 83.1 Å². The van der Waals surface area contributed by atoms with Crippen molar-refractivity contribution in [3.05, 3.63) is 188 Å². The summed E-state index contributed by atoms with van der Waals surface area (Å²) in [5.41, 5.74) is 14.1. The molecule has 0 unspecified atom stereocenters. The van der Waals surface area contributed by atoms with Crippen molar-refractivity contribution >= 4 is 152 Å². The Kier molecular flexibility index (Phi) is 6.86. The molecular formula is C54H31BN2S3. The molecule has 3 aromatic heterocycles. The van der Waals surface area contributed by atoms with Crippen molar-refractivity contribution in [3.8, 4) is 11.1 Å². The Morgan fingerprint density at radius 3 is 1.53 bits per heavy atom. The average molecular weight is 815 g/mol. The summed E-state index contributed by atoms with van der Waals surface area (Å²) < 4.78 is 7.92. The van der Waals surface area contributed by atoms with Crippen LogP contribution in [0.3, 0.4) is 0 Å². The third-order valence-electron chi connectivity index (χ3n) is 12.8. The van der Waals surface area contributed by atoms with E-state index in [4.69, 9.17) is 0 Å². The van der Waals surface area contributed by atoms with E-state index in [0.717, 1.165) is 11.4 Å². The smallest absolute Gasteiger partial charge is 0.248 e. The van der Waals surface area contributed by atoms with E-state index in [9.17, 15) is 0 Å². The molecular weight excluding hydrogens is 784 g/mol. The molecule has 2 nitrogen and oxygen atoms in total. The van der Waals surface area contributed by atoms with Crippen LogP contribution in [0.1, 0.15) is 0 Å². The Morgan fingerprint density at radius 2 is 0.883 bits per heavy atom. The summed E-state index contributed by atoms with van der Waals surface area (Å²) in [7, 11) is 0. The van der Waals surface area contributed by atoms with E-state index in [1.165, 1.54) is 111 Å². The SMILES string of the molecule is c1ccc(N(c2ccccc2)c2ccc3c4c2-c2c(ccc5sc6ccccc6c25)B4c2ccc4sc5ccccc5c4c2N3c2cccc3sc4ccccc4c23)cc1. The number of anilines is 6. The van der Waals surface area contributed by atoms with Gasteiger partial charge in [-0.1, -0.05) is 115 Å². The maximum Gasteiger partial charge on any atom is 0.248 e. The number of thiophene rings is 3. The van der Waals surface area contributed by atoms with Gasteiger partial charge in [0.2, 0.25) is 6.71 Å². The molecule has 0 radical (unpaired) electrons. The van der Waals surface area contributed by atoms with Crippen molar-refractivity contribution in [1.82, 2.24) is 0 Å². The highest BCUT2D eigenvalue weighted by molar-refractivity contribution is 7.27. The van der Waals surface area contributed by atoms with Crippen molar-refractivity contribution in [3.63, 3.8) is 0 Å². The van der Waals surface area contributed by atoms with Crippen LogP contribution < -0.4 is 26.2 Å². The normalized spacial score (nSPS) is 12.9.